The second-order valence-corrected chi connectivity index (χ2v) is 6.34. The summed E-state index contributed by atoms with van der Waals surface area (Å²) < 4.78 is 5.24. The highest BCUT2D eigenvalue weighted by molar-refractivity contribution is 5.29. The molecule has 1 nitrogen and oxygen atoms in total. The lowest BCUT2D eigenvalue weighted by Crippen LogP contribution is -2.13. The van der Waals surface area contributed by atoms with Gasteiger partial charge < -0.3 is 4.74 Å². The maximum Gasteiger partial charge on any atom is 0.118 e. The van der Waals surface area contributed by atoms with Crippen molar-refractivity contribution in [3.8, 4) is 5.75 Å². The summed E-state index contributed by atoms with van der Waals surface area (Å²) in [6.45, 7) is 2.29. The van der Waals surface area contributed by atoms with E-state index in [1.807, 2.05) is 0 Å². The van der Waals surface area contributed by atoms with Crippen LogP contribution in [0.4, 0.5) is 0 Å². The van der Waals surface area contributed by atoms with E-state index in [1.165, 1.54) is 63.4 Å². The van der Waals surface area contributed by atoms with Crippen LogP contribution in [0, 0.1) is 5.92 Å². The van der Waals surface area contributed by atoms with Gasteiger partial charge >= 0.3 is 0 Å². The van der Waals surface area contributed by atoms with Gasteiger partial charge in [0.15, 0.2) is 0 Å². The van der Waals surface area contributed by atoms with Crippen LogP contribution < -0.4 is 4.74 Å². The van der Waals surface area contributed by atoms with Crippen molar-refractivity contribution in [3.05, 3.63) is 29.8 Å². The number of methoxy groups -OCH3 is 1. The predicted octanol–water partition coefficient (Wildman–Crippen LogP) is 5.94. The molecule has 20 heavy (non-hydrogen) atoms. The van der Waals surface area contributed by atoms with Gasteiger partial charge in [-0.2, -0.15) is 0 Å². The Kier molecular flexibility index (Phi) is 6.42. The zero-order chi connectivity index (χ0) is 14.2. The van der Waals surface area contributed by atoms with E-state index in [0.29, 0.717) is 0 Å². The molecule has 0 N–H and O–H groups in total. The predicted molar refractivity (Wildman–Crippen MR) is 86.5 cm³/mol. The zero-order valence-corrected chi connectivity index (χ0v) is 13.2. The molecule has 0 amide bonds. The van der Waals surface area contributed by atoms with E-state index in [-0.39, 0.29) is 0 Å². The number of benzene rings is 1. The SMILES string of the molecule is CCCCCCC1CCC(c2ccc(OC)cc2)CC1. The highest BCUT2D eigenvalue weighted by Crippen LogP contribution is 2.38. The smallest absolute Gasteiger partial charge is 0.118 e. The zero-order valence-electron chi connectivity index (χ0n) is 13.2. The lowest BCUT2D eigenvalue weighted by atomic mass is 9.77. The molecule has 0 unspecified atom stereocenters. The summed E-state index contributed by atoms with van der Waals surface area (Å²) in [4.78, 5) is 0. The fourth-order valence-corrected chi connectivity index (χ4v) is 3.52. The molecule has 1 aliphatic rings. The summed E-state index contributed by atoms with van der Waals surface area (Å²) in [6.07, 6.45) is 12.8. The van der Waals surface area contributed by atoms with Gasteiger partial charge in [-0.1, -0.05) is 51.2 Å². The summed E-state index contributed by atoms with van der Waals surface area (Å²) in [7, 11) is 1.73. The molecule has 0 aromatic heterocycles. The van der Waals surface area contributed by atoms with Gasteiger partial charge in [0.1, 0.15) is 5.75 Å². The first-order valence-corrected chi connectivity index (χ1v) is 8.47. The Balaban J connectivity index is 1.73. The summed E-state index contributed by atoms with van der Waals surface area (Å²) in [5.74, 6) is 2.76. The van der Waals surface area contributed by atoms with Crippen LogP contribution in [-0.4, -0.2) is 7.11 Å². The molecule has 2 rings (SSSR count). The molecular weight excluding hydrogens is 244 g/mol. The highest BCUT2D eigenvalue weighted by Gasteiger charge is 2.21. The van der Waals surface area contributed by atoms with Gasteiger partial charge in [0.2, 0.25) is 0 Å². The van der Waals surface area contributed by atoms with Gasteiger partial charge in [0.25, 0.3) is 0 Å². The molecule has 112 valence electrons. The third kappa shape index (κ3) is 4.54. The molecular formula is C19H30O. The van der Waals surface area contributed by atoms with Gasteiger partial charge in [0, 0.05) is 0 Å². The van der Waals surface area contributed by atoms with Crippen molar-refractivity contribution in [2.75, 3.05) is 7.11 Å². The third-order valence-corrected chi connectivity index (χ3v) is 4.90. The Hall–Kier alpha value is -0.980. The third-order valence-electron chi connectivity index (χ3n) is 4.90. The van der Waals surface area contributed by atoms with Crippen molar-refractivity contribution in [2.24, 2.45) is 5.92 Å². The molecule has 1 aliphatic carbocycles. The van der Waals surface area contributed by atoms with Crippen molar-refractivity contribution in [1.29, 1.82) is 0 Å². The average Bonchev–Trinajstić information content (AvgIpc) is 2.52. The van der Waals surface area contributed by atoms with Crippen molar-refractivity contribution in [2.45, 2.75) is 70.6 Å². The second-order valence-electron chi connectivity index (χ2n) is 6.34. The minimum atomic E-state index is 0.785. The first kappa shape index (κ1) is 15.4. The van der Waals surface area contributed by atoms with Crippen LogP contribution in [0.1, 0.15) is 76.2 Å². The Morgan fingerprint density at radius 2 is 1.65 bits per heavy atom. The lowest BCUT2D eigenvalue weighted by Gasteiger charge is -2.29. The lowest BCUT2D eigenvalue weighted by molar-refractivity contribution is 0.302. The maximum atomic E-state index is 5.24. The monoisotopic (exact) mass is 274 g/mol. The quantitative estimate of drug-likeness (QED) is 0.559. The van der Waals surface area contributed by atoms with Gasteiger partial charge in [-0.05, 0) is 55.2 Å². The number of rotatable bonds is 7. The molecule has 0 atom stereocenters. The van der Waals surface area contributed by atoms with Gasteiger partial charge in [-0.3, -0.25) is 0 Å². The summed E-state index contributed by atoms with van der Waals surface area (Å²) in [5.41, 5.74) is 1.51. The van der Waals surface area contributed by atoms with E-state index in [0.717, 1.165) is 17.6 Å². The molecule has 0 heterocycles. The van der Waals surface area contributed by atoms with Crippen molar-refractivity contribution >= 4 is 0 Å². The summed E-state index contributed by atoms with van der Waals surface area (Å²) in [5, 5.41) is 0. The number of hydrogen-bond acceptors (Lipinski definition) is 1. The van der Waals surface area contributed by atoms with E-state index in [2.05, 4.69) is 31.2 Å². The average molecular weight is 274 g/mol. The van der Waals surface area contributed by atoms with Crippen LogP contribution in [0.15, 0.2) is 24.3 Å². The molecule has 0 radical (unpaired) electrons. The Labute approximate surface area is 124 Å². The van der Waals surface area contributed by atoms with Gasteiger partial charge in [-0.15, -0.1) is 0 Å². The number of ether oxygens (including phenoxy) is 1. The van der Waals surface area contributed by atoms with Crippen LogP contribution in [0.5, 0.6) is 5.75 Å². The normalized spacial score (nSPS) is 22.7. The number of hydrogen-bond donors (Lipinski definition) is 0. The van der Waals surface area contributed by atoms with Crippen LogP contribution in [0.2, 0.25) is 0 Å². The minimum absolute atomic E-state index is 0.785. The fourth-order valence-electron chi connectivity index (χ4n) is 3.52. The molecule has 0 spiro atoms. The molecule has 0 bridgehead atoms. The Morgan fingerprint density at radius 1 is 0.950 bits per heavy atom. The summed E-state index contributed by atoms with van der Waals surface area (Å²) in [6, 6.07) is 8.72. The van der Waals surface area contributed by atoms with Gasteiger partial charge in [0.05, 0.1) is 7.11 Å². The van der Waals surface area contributed by atoms with Crippen molar-refractivity contribution < 1.29 is 4.74 Å². The van der Waals surface area contributed by atoms with E-state index < -0.39 is 0 Å². The molecule has 1 saturated carbocycles. The molecule has 1 aromatic rings. The fraction of sp³-hybridized carbons (Fsp3) is 0.684. The summed E-state index contributed by atoms with van der Waals surface area (Å²) >= 11 is 0. The first-order chi connectivity index (χ1) is 9.83. The van der Waals surface area contributed by atoms with Crippen LogP contribution in [0.25, 0.3) is 0 Å². The molecule has 0 saturated heterocycles. The standard InChI is InChI=1S/C19H30O/c1-3-4-5-6-7-16-8-10-17(11-9-16)18-12-14-19(20-2)15-13-18/h12-17H,3-11H2,1-2H3. The van der Waals surface area contributed by atoms with Crippen molar-refractivity contribution in [1.82, 2.24) is 0 Å². The Morgan fingerprint density at radius 3 is 2.25 bits per heavy atom. The van der Waals surface area contributed by atoms with E-state index in [9.17, 15) is 0 Å². The molecule has 1 heteroatoms. The van der Waals surface area contributed by atoms with Crippen LogP contribution in [-0.2, 0) is 0 Å². The molecule has 1 fully saturated rings. The minimum Gasteiger partial charge on any atom is -0.497 e. The first-order valence-electron chi connectivity index (χ1n) is 8.47. The molecule has 1 aromatic carbocycles. The van der Waals surface area contributed by atoms with Crippen LogP contribution in [0.3, 0.4) is 0 Å². The van der Waals surface area contributed by atoms with Crippen molar-refractivity contribution in [3.63, 3.8) is 0 Å². The van der Waals surface area contributed by atoms with E-state index >= 15 is 0 Å². The largest absolute Gasteiger partial charge is 0.497 e. The van der Waals surface area contributed by atoms with Gasteiger partial charge in [-0.25, -0.2) is 0 Å². The van der Waals surface area contributed by atoms with E-state index in [1.54, 1.807) is 7.11 Å². The van der Waals surface area contributed by atoms with Crippen LogP contribution >= 0.6 is 0 Å². The second kappa shape index (κ2) is 8.34. The van der Waals surface area contributed by atoms with E-state index in [4.69, 9.17) is 4.74 Å². The maximum absolute atomic E-state index is 5.24. The number of unbranched alkanes of at least 4 members (excludes halogenated alkanes) is 3. The Bertz CT molecular complexity index is 360. The molecule has 0 aliphatic heterocycles. The topological polar surface area (TPSA) is 9.23 Å². The highest BCUT2D eigenvalue weighted by atomic mass is 16.5.